The molecule has 0 unspecified atom stereocenters. The van der Waals surface area contributed by atoms with E-state index in [0.717, 1.165) is 0 Å². The molecule has 2 aromatic heterocycles. The molecule has 0 fully saturated rings. The second kappa shape index (κ2) is 3.17. The molecule has 47 valence electrons. The molecular formula is C5H3N4Y-. The predicted octanol–water partition coefficient (Wildman–Crippen LogP) is -0.0780. The molecule has 0 N–H and O–H groups in total. The molecule has 0 aromatic carbocycles. The molecule has 1 radical (unpaired) electrons. The Kier molecular flexibility index (Phi) is 2.46. The van der Waals surface area contributed by atoms with Gasteiger partial charge in [-0.1, -0.05) is 0 Å². The van der Waals surface area contributed by atoms with Gasteiger partial charge in [0.15, 0.2) is 0 Å². The molecule has 5 heteroatoms. The van der Waals surface area contributed by atoms with Crippen molar-refractivity contribution in [2.75, 3.05) is 0 Å². The third kappa shape index (κ3) is 1.22. The number of hydrogen-bond acceptors (Lipinski definition) is 3. The molecular weight excluding hydrogens is 205 g/mol. The van der Waals surface area contributed by atoms with Gasteiger partial charge >= 0.3 is 0 Å². The Hall–Kier alpha value is -0.346. The molecule has 0 atom stereocenters. The SMILES string of the molecule is [Y].[c-]1nc2ncccn2n1. The van der Waals surface area contributed by atoms with E-state index in [1.807, 2.05) is 0 Å². The Balaban J connectivity index is 0.000000500. The summed E-state index contributed by atoms with van der Waals surface area (Å²) in [6.45, 7) is 0. The Bertz CT molecular complexity index is 288. The molecule has 0 saturated carbocycles. The minimum absolute atomic E-state index is 0. The van der Waals surface area contributed by atoms with Gasteiger partial charge in [0.2, 0.25) is 0 Å². The Morgan fingerprint density at radius 1 is 1.50 bits per heavy atom. The van der Waals surface area contributed by atoms with Gasteiger partial charge in [-0.15, -0.1) is 0 Å². The maximum Gasteiger partial charge on any atom is 0.0901 e. The van der Waals surface area contributed by atoms with Crippen molar-refractivity contribution in [3.63, 3.8) is 0 Å². The molecule has 2 heterocycles. The zero-order chi connectivity index (χ0) is 6.10. The van der Waals surface area contributed by atoms with Gasteiger partial charge < -0.3 is 14.5 Å². The van der Waals surface area contributed by atoms with Crippen molar-refractivity contribution in [2.45, 2.75) is 0 Å². The Morgan fingerprint density at radius 3 is 3.20 bits per heavy atom. The van der Waals surface area contributed by atoms with E-state index < -0.39 is 0 Å². The van der Waals surface area contributed by atoms with Gasteiger partial charge in [0.05, 0.1) is 5.78 Å². The molecule has 0 aliphatic heterocycles. The van der Waals surface area contributed by atoms with Crippen LogP contribution in [-0.2, 0) is 32.7 Å². The van der Waals surface area contributed by atoms with Crippen molar-refractivity contribution in [3.8, 4) is 0 Å². The standard InChI is InChI=1S/C5H3N4.Y/c1-2-6-5-7-4-8-9(5)3-1;/h1-3H;/q-1;. The van der Waals surface area contributed by atoms with Crippen molar-refractivity contribution in [2.24, 2.45) is 0 Å². The summed E-state index contributed by atoms with van der Waals surface area (Å²) in [5, 5.41) is 3.74. The van der Waals surface area contributed by atoms with Crippen LogP contribution >= 0.6 is 0 Å². The monoisotopic (exact) mass is 208 g/mol. The minimum Gasteiger partial charge on any atom is -0.397 e. The van der Waals surface area contributed by atoms with Crippen molar-refractivity contribution in [1.82, 2.24) is 19.6 Å². The molecule has 0 aliphatic rings. The van der Waals surface area contributed by atoms with Crippen LogP contribution in [0.4, 0.5) is 0 Å². The van der Waals surface area contributed by atoms with Crippen LogP contribution in [0.2, 0.25) is 0 Å². The number of hydrogen-bond donors (Lipinski definition) is 0. The second-order valence-electron chi connectivity index (χ2n) is 1.58. The largest absolute Gasteiger partial charge is 0.397 e. The first-order valence-corrected chi connectivity index (χ1v) is 2.50. The van der Waals surface area contributed by atoms with Crippen LogP contribution < -0.4 is 0 Å². The first kappa shape index (κ1) is 7.76. The number of nitrogens with zero attached hydrogens (tertiary/aromatic N) is 4. The van der Waals surface area contributed by atoms with Gasteiger partial charge in [-0.05, 0) is 12.4 Å². The molecule has 0 aliphatic carbocycles. The van der Waals surface area contributed by atoms with E-state index in [1.54, 1.807) is 23.0 Å². The summed E-state index contributed by atoms with van der Waals surface area (Å²) in [7, 11) is 0. The summed E-state index contributed by atoms with van der Waals surface area (Å²) < 4.78 is 1.56. The van der Waals surface area contributed by atoms with Crippen LogP contribution in [0.5, 0.6) is 0 Å². The van der Waals surface area contributed by atoms with Gasteiger partial charge in [-0.25, -0.2) is 0 Å². The summed E-state index contributed by atoms with van der Waals surface area (Å²) in [5.41, 5.74) is 0. The van der Waals surface area contributed by atoms with Gasteiger partial charge in [-0.2, -0.15) is 0 Å². The predicted molar refractivity (Wildman–Crippen MR) is 29.6 cm³/mol. The van der Waals surface area contributed by atoms with E-state index in [1.165, 1.54) is 0 Å². The quantitative estimate of drug-likeness (QED) is 0.568. The summed E-state index contributed by atoms with van der Waals surface area (Å²) in [5.74, 6) is 0.581. The second-order valence-corrected chi connectivity index (χ2v) is 1.58. The van der Waals surface area contributed by atoms with Crippen molar-refractivity contribution in [1.29, 1.82) is 0 Å². The van der Waals surface area contributed by atoms with Crippen LogP contribution in [-0.4, -0.2) is 19.6 Å². The van der Waals surface area contributed by atoms with E-state index >= 15 is 0 Å². The molecule has 2 aromatic rings. The average Bonchev–Trinajstić information content (AvgIpc) is 2.33. The maximum atomic E-state index is 3.90. The van der Waals surface area contributed by atoms with Crippen molar-refractivity contribution >= 4 is 5.78 Å². The fraction of sp³-hybridized carbons (Fsp3) is 0. The van der Waals surface area contributed by atoms with Gasteiger partial charge in [0.1, 0.15) is 0 Å². The average molecular weight is 208 g/mol. The van der Waals surface area contributed by atoms with Crippen molar-refractivity contribution in [3.05, 3.63) is 24.8 Å². The number of aromatic nitrogens is 4. The normalized spacial score (nSPS) is 9.20. The molecule has 2 rings (SSSR count). The summed E-state index contributed by atoms with van der Waals surface area (Å²) in [6, 6.07) is 1.79. The van der Waals surface area contributed by atoms with E-state index in [9.17, 15) is 0 Å². The van der Waals surface area contributed by atoms with Gasteiger partial charge in [-0.3, -0.25) is 5.10 Å². The number of fused-ring (bicyclic) bond motifs is 1. The van der Waals surface area contributed by atoms with Gasteiger partial charge in [0.25, 0.3) is 0 Å². The third-order valence-electron chi connectivity index (χ3n) is 1.01. The Morgan fingerprint density at radius 2 is 2.40 bits per heavy atom. The number of rotatable bonds is 0. The van der Waals surface area contributed by atoms with E-state index in [2.05, 4.69) is 21.4 Å². The molecule has 0 amide bonds. The van der Waals surface area contributed by atoms with E-state index in [4.69, 9.17) is 0 Å². The van der Waals surface area contributed by atoms with E-state index in [0.29, 0.717) is 5.78 Å². The third-order valence-corrected chi connectivity index (χ3v) is 1.01. The maximum absolute atomic E-state index is 3.90. The molecule has 0 spiro atoms. The van der Waals surface area contributed by atoms with Gasteiger partial charge in [0, 0.05) is 45.1 Å². The van der Waals surface area contributed by atoms with Crippen LogP contribution in [0.3, 0.4) is 0 Å². The zero-order valence-electron chi connectivity index (χ0n) is 5.10. The fourth-order valence-corrected chi connectivity index (χ4v) is 0.629. The molecule has 4 nitrogen and oxygen atoms in total. The fourth-order valence-electron chi connectivity index (χ4n) is 0.629. The molecule has 0 bridgehead atoms. The van der Waals surface area contributed by atoms with Crippen LogP contribution in [0.1, 0.15) is 0 Å². The van der Waals surface area contributed by atoms with Crippen LogP contribution in [0.15, 0.2) is 18.5 Å². The molecule has 0 saturated heterocycles. The first-order chi connectivity index (χ1) is 4.47. The summed E-state index contributed by atoms with van der Waals surface area (Å²) in [6.07, 6.45) is 5.87. The smallest absolute Gasteiger partial charge is 0.0901 e. The molecule has 10 heavy (non-hydrogen) atoms. The summed E-state index contributed by atoms with van der Waals surface area (Å²) in [4.78, 5) is 7.63. The van der Waals surface area contributed by atoms with Crippen LogP contribution in [0.25, 0.3) is 5.78 Å². The van der Waals surface area contributed by atoms with Crippen LogP contribution in [0, 0.1) is 6.33 Å². The zero-order valence-corrected chi connectivity index (χ0v) is 7.94. The Labute approximate surface area is 82.6 Å². The first-order valence-electron chi connectivity index (χ1n) is 2.50. The van der Waals surface area contributed by atoms with E-state index in [-0.39, 0.29) is 32.7 Å². The topological polar surface area (TPSA) is 43.1 Å². The van der Waals surface area contributed by atoms with Crippen molar-refractivity contribution < 1.29 is 32.7 Å². The summed E-state index contributed by atoms with van der Waals surface area (Å²) >= 11 is 0. The minimum atomic E-state index is 0.